The van der Waals surface area contributed by atoms with Crippen molar-refractivity contribution in [3.05, 3.63) is 59.1 Å². The molecule has 0 N–H and O–H groups in total. The number of hydrogen-bond acceptors (Lipinski definition) is 4. The first kappa shape index (κ1) is 15.1. The van der Waals surface area contributed by atoms with Crippen LogP contribution in [0.15, 0.2) is 48.5 Å². The van der Waals surface area contributed by atoms with Crippen molar-refractivity contribution in [3.63, 3.8) is 0 Å². The van der Waals surface area contributed by atoms with Gasteiger partial charge < -0.3 is 9.64 Å². The van der Waals surface area contributed by atoms with Crippen LogP contribution in [0.5, 0.6) is 5.75 Å². The number of thiazole rings is 1. The highest BCUT2D eigenvalue weighted by Gasteiger charge is 2.32. The molecule has 1 aromatic heterocycles. The minimum atomic E-state index is 0.0689. The minimum Gasteiger partial charge on any atom is -0.497 e. The van der Waals surface area contributed by atoms with E-state index in [9.17, 15) is 4.79 Å². The molecule has 1 aliphatic rings. The van der Waals surface area contributed by atoms with E-state index in [4.69, 9.17) is 9.72 Å². The van der Waals surface area contributed by atoms with Crippen LogP contribution < -0.4 is 4.74 Å². The van der Waals surface area contributed by atoms with E-state index in [0.717, 1.165) is 35.7 Å². The molecule has 0 spiro atoms. The van der Waals surface area contributed by atoms with Gasteiger partial charge in [-0.1, -0.05) is 12.1 Å². The zero-order chi connectivity index (χ0) is 16.5. The summed E-state index contributed by atoms with van der Waals surface area (Å²) in [7, 11) is 1.63. The van der Waals surface area contributed by atoms with Gasteiger partial charge in [0.05, 0.1) is 23.4 Å². The Hall–Kier alpha value is -2.40. The molecule has 0 aliphatic carbocycles. The molecule has 0 unspecified atom stereocenters. The Balaban J connectivity index is 1.62. The second kappa shape index (κ2) is 6.24. The molecule has 1 fully saturated rings. The Morgan fingerprint density at radius 2 is 2.00 bits per heavy atom. The van der Waals surface area contributed by atoms with Crippen LogP contribution >= 0.6 is 11.3 Å². The van der Waals surface area contributed by atoms with Gasteiger partial charge in [-0.2, -0.15) is 0 Å². The molecule has 5 heteroatoms. The van der Waals surface area contributed by atoms with E-state index in [1.165, 1.54) is 4.70 Å². The third-order valence-corrected chi connectivity index (χ3v) is 5.58. The van der Waals surface area contributed by atoms with Crippen molar-refractivity contribution in [1.82, 2.24) is 9.88 Å². The number of nitrogens with zero attached hydrogens (tertiary/aromatic N) is 2. The summed E-state index contributed by atoms with van der Waals surface area (Å²) in [6.07, 6.45) is 1.99. The highest BCUT2D eigenvalue weighted by molar-refractivity contribution is 7.18. The van der Waals surface area contributed by atoms with Crippen LogP contribution in [0.3, 0.4) is 0 Å². The molecular weight excluding hydrogens is 320 g/mol. The van der Waals surface area contributed by atoms with Gasteiger partial charge in [0.25, 0.3) is 5.91 Å². The predicted octanol–water partition coefficient (Wildman–Crippen LogP) is 4.28. The first-order chi connectivity index (χ1) is 11.8. The molecule has 2 aromatic carbocycles. The van der Waals surface area contributed by atoms with Gasteiger partial charge in [0.15, 0.2) is 0 Å². The smallest absolute Gasteiger partial charge is 0.254 e. The fraction of sp³-hybridized carbons (Fsp3) is 0.263. The molecular formula is C19H18N2O2S. The third-order valence-electron chi connectivity index (χ3n) is 4.45. The summed E-state index contributed by atoms with van der Waals surface area (Å²) in [6, 6.07) is 15.5. The summed E-state index contributed by atoms with van der Waals surface area (Å²) in [4.78, 5) is 19.6. The normalized spacial score (nSPS) is 17.4. The molecule has 24 heavy (non-hydrogen) atoms. The molecule has 4 rings (SSSR count). The number of hydrogen-bond donors (Lipinski definition) is 0. The monoisotopic (exact) mass is 338 g/mol. The number of para-hydroxylation sites is 1. The highest BCUT2D eigenvalue weighted by Crippen LogP contribution is 2.37. The maximum absolute atomic E-state index is 12.9. The third kappa shape index (κ3) is 2.65. The standard InChI is InChI=1S/C19H18N2O2S/c1-23-14-10-8-13(9-11-14)19(22)21-12-4-6-16(21)18-20-15-5-2-3-7-17(15)24-18/h2-3,5,7-11,16H,4,6,12H2,1H3/t16-/m1/s1. The van der Waals surface area contributed by atoms with E-state index in [1.807, 2.05) is 47.4 Å². The van der Waals surface area contributed by atoms with E-state index in [-0.39, 0.29) is 11.9 Å². The second-order valence-corrected chi connectivity index (χ2v) is 6.97. The molecule has 1 amide bonds. The van der Waals surface area contributed by atoms with Crippen LogP contribution in [0.25, 0.3) is 10.2 Å². The molecule has 1 atom stereocenters. The number of ether oxygens (including phenoxy) is 1. The quantitative estimate of drug-likeness (QED) is 0.716. The van der Waals surface area contributed by atoms with Gasteiger partial charge in [0.1, 0.15) is 10.8 Å². The first-order valence-corrected chi connectivity index (χ1v) is 8.88. The molecule has 2 heterocycles. The summed E-state index contributed by atoms with van der Waals surface area (Å²) in [5.74, 6) is 0.829. The first-order valence-electron chi connectivity index (χ1n) is 8.07. The average Bonchev–Trinajstić information content (AvgIpc) is 3.27. The van der Waals surface area contributed by atoms with Crippen molar-refractivity contribution in [2.75, 3.05) is 13.7 Å². The van der Waals surface area contributed by atoms with E-state index < -0.39 is 0 Å². The Bertz CT molecular complexity index is 839. The summed E-state index contributed by atoms with van der Waals surface area (Å²) in [5.41, 5.74) is 1.71. The van der Waals surface area contributed by atoms with Gasteiger partial charge in [-0.15, -0.1) is 11.3 Å². The molecule has 0 bridgehead atoms. The van der Waals surface area contributed by atoms with Crippen LogP contribution in [-0.2, 0) is 0 Å². The van der Waals surface area contributed by atoms with Crippen molar-refractivity contribution >= 4 is 27.5 Å². The number of carbonyl (C=O) groups is 1. The van der Waals surface area contributed by atoms with Crippen molar-refractivity contribution < 1.29 is 9.53 Å². The lowest BCUT2D eigenvalue weighted by Gasteiger charge is -2.23. The maximum atomic E-state index is 12.9. The molecule has 1 saturated heterocycles. The van der Waals surface area contributed by atoms with Crippen LogP contribution in [0.2, 0.25) is 0 Å². The SMILES string of the molecule is COc1ccc(C(=O)N2CCC[C@@H]2c2nc3ccccc3s2)cc1. The topological polar surface area (TPSA) is 42.4 Å². The number of likely N-dealkylation sites (tertiary alicyclic amines) is 1. The molecule has 4 nitrogen and oxygen atoms in total. The Labute approximate surface area is 144 Å². The predicted molar refractivity (Wildman–Crippen MR) is 95.6 cm³/mol. The molecule has 3 aromatic rings. The van der Waals surface area contributed by atoms with Gasteiger partial charge in [0.2, 0.25) is 0 Å². The van der Waals surface area contributed by atoms with Crippen LogP contribution in [-0.4, -0.2) is 29.4 Å². The van der Waals surface area contributed by atoms with Crippen molar-refractivity contribution in [2.24, 2.45) is 0 Å². The van der Waals surface area contributed by atoms with E-state index >= 15 is 0 Å². The molecule has 122 valence electrons. The maximum Gasteiger partial charge on any atom is 0.254 e. The number of amides is 1. The Morgan fingerprint density at radius 3 is 2.75 bits per heavy atom. The van der Waals surface area contributed by atoms with Crippen molar-refractivity contribution in [2.45, 2.75) is 18.9 Å². The zero-order valence-electron chi connectivity index (χ0n) is 13.4. The van der Waals surface area contributed by atoms with Crippen LogP contribution in [0.4, 0.5) is 0 Å². The summed E-state index contributed by atoms with van der Waals surface area (Å²) in [5, 5.41) is 1.04. The minimum absolute atomic E-state index is 0.0689. The number of methoxy groups -OCH3 is 1. The van der Waals surface area contributed by atoms with Gasteiger partial charge >= 0.3 is 0 Å². The van der Waals surface area contributed by atoms with Gasteiger partial charge in [0, 0.05) is 12.1 Å². The van der Waals surface area contributed by atoms with E-state index in [2.05, 4.69) is 6.07 Å². The van der Waals surface area contributed by atoms with Gasteiger partial charge in [-0.05, 0) is 49.2 Å². The lowest BCUT2D eigenvalue weighted by atomic mass is 10.1. The highest BCUT2D eigenvalue weighted by atomic mass is 32.1. The Kier molecular flexibility index (Phi) is 3.94. The van der Waals surface area contributed by atoms with Gasteiger partial charge in [-0.3, -0.25) is 4.79 Å². The van der Waals surface area contributed by atoms with Crippen molar-refractivity contribution in [1.29, 1.82) is 0 Å². The molecule has 0 saturated carbocycles. The zero-order valence-corrected chi connectivity index (χ0v) is 14.3. The lowest BCUT2D eigenvalue weighted by Crippen LogP contribution is -2.30. The summed E-state index contributed by atoms with van der Waals surface area (Å²) in [6.45, 7) is 0.783. The van der Waals surface area contributed by atoms with E-state index in [1.54, 1.807) is 18.4 Å². The van der Waals surface area contributed by atoms with Crippen LogP contribution in [0.1, 0.15) is 34.2 Å². The van der Waals surface area contributed by atoms with Crippen LogP contribution in [0, 0.1) is 0 Å². The van der Waals surface area contributed by atoms with Gasteiger partial charge in [-0.25, -0.2) is 4.98 Å². The number of aromatic nitrogens is 1. The van der Waals surface area contributed by atoms with E-state index in [0.29, 0.717) is 5.56 Å². The average molecular weight is 338 g/mol. The lowest BCUT2D eigenvalue weighted by molar-refractivity contribution is 0.0735. The Morgan fingerprint density at radius 1 is 1.21 bits per heavy atom. The second-order valence-electron chi connectivity index (χ2n) is 5.90. The summed E-state index contributed by atoms with van der Waals surface area (Å²) >= 11 is 1.69. The number of fused-ring (bicyclic) bond motifs is 1. The number of carbonyl (C=O) groups excluding carboxylic acids is 1. The molecule has 0 radical (unpaired) electrons. The molecule has 1 aliphatic heterocycles. The summed E-state index contributed by atoms with van der Waals surface area (Å²) < 4.78 is 6.34. The fourth-order valence-corrected chi connectivity index (χ4v) is 4.31. The van der Waals surface area contributed by atoms with Crippen molar-refractivity contribution in [3.8, 4) is 5.75 Å². The number of rotatable bonds is 3. The fourth-order valence-electron chi connectivity index (χ4n) is 3.20. The largest absolute Gasteiger partial charge is 0.497 e. The number of benzene rings is 2.